The Morgan fingerprint density at radius 3 is 2.13 bits per heavy atom. The van der Waals surface area contributed by atoms with Crippen LogP contribution in [0.5, 0.6) is 0 Å². The van der Waals surface area contributed by atoms with Gasteiger partial charge in [0.15, 0.2) is 5.82 Å². The number of hydrogen-bond donors (Lipinski definition) is 0. The third kappa shape index (κ3) is 3.99. The normalized spacial score (nSPS) is 21.3. The Bertz CT molecular complexity index is 593. The van der Waals surface area contributed by atoms with Gasteiger partial charge in [0.2, 0.25) is 0 Å². The zero-order valence-corrected chi connectivity index (χ0v) is 14.5. The van der Waals surface area contributed by atoms with Crippen LogP contribution in [0.25, 0.3) is 11.4 Å². The van der Waals surface area contributed by atoms with Gasteiger partial charge in [0, 0.05) is 18.0 Å². The highest BCUT2D eigenvalue weighted by atomic mass is 14.9. The average Bonchev–Trinajstić information content (AvgIpc) is 2.63. The smallest absolute Gasteiger partial charge is 0.159 e. The molecule has 1 aliphatic carbocycles. The van der Waals surface area contributed by atoms with Crippen LogP contribution in [0.15, 0.2) is 36.7 Å². The summed E-state index contributed by atoms with van der Waals surface area (Å²) in [4.78, 5) is 9.04. The van der Waals surface area contributed by atoms with Gasteiger partial charge in [-0.2, -0.15) is 0 Å². The molecule has 23 heavy (non-hydrogen) atoms. The van der Waals surface area contributed by atoms with E-state index in [4.69, 9.17) is 0 Å². The number of rotatable bonds is 5. The van der Waals surface area contributed by atoms with Crippen molar-refractivity contribution in [1.29, 1.82) is 0 Å². The molecule has 0 spiro atoms. The summed E-state index contributed by atoms with van der Waals surface area (Å²) in [6, 6.07) is 8.96. The van der Waals surface area contributed by atoms with Gasteiger partial charge in [-0.3, -0.25) is 0 Å². The highest BCUT2D eigenvalue weighted by Gasteiger charge is 2.21. The van der Waals surface area contributed by atoms with Gasteiger partial charge in [0.05, 0.1) is 0 Å². The second-order valence-electron chi connectivity index (χ2n) is 6.91. The first-order valence-corrected chi connectivity index (χ1v) is 9.21. The van der Waals surface area contributed by atoms with E-state index in [2.05, 4.69) is 48.1 Å². The molecule has 0 aliphatic heterocycles. The van der Waals surface area contributed by atoms with Crippen molar-refractivity contribution in [3.8, 4) is 11.4 Å². The van der Waals surface area contributed by atoms with Crippen LogP contribution in [0.4, 0.5) is 0 Å². The van der Waals surface area contributed by atoms with E-state index in [0.717, 1.165) is 36.1 Å². The van der Waals surface area contributed by atoms with Gasteiger partial charge in [0.25, 0.3) is 0 Å². The molecule has 2 heteroatoms. The summed E-state index contributed by atoms with van der Waals surface area (Å²) >= 11 is 0. The highest BCUT2D eigenvalue weighted by Crippen LogP contribution is 2.37. The number of aromatic nitrogens is 2. The number of benzene rings is 1. The quantitative estimate of drug-likeness (QED) is 0.699. The Morgan fingerprint density at radius 2 is 1.57 bits per heavy atom. The molecule has 1 heterocycles. The van der Waals surface area contributed by atoms with Crippen molar-refractivity contribution in [2.24, 2.45) is 5.92 Å². The van der Waals surface area contributed by atoms with Crippen molar-refractivity contribution in [3.05, 3.63) is 47.8 Å². The van der Waals surface area contributed by atoms with Crippen LogP contribution < -0.4 is 0 Å². The van der Waals surface area contributed by atoms with E-state index in [9.17, 15) is 0 Å². The lowest BCUT2D eigenvalue weighted by atomic mass is 9.78. The summed E-state index contributed by atoms with van der Waals surface area (Å²) < 4.78 is 0. The maximum atomic E-state index is 4.52. The van der Waals surface area contributed by atoms with Crippen LogP contribution in [0.3, 0.4) is 0 Å². The molecule has 2 aromatic rings. The second kappa shape index (κ2) is 7.72. The van der Waals surface area contributed by atoms with Gasteiger partial charge < -0.3 is 0 Å². The maximum Gasteiger partial charge on any atom is 0.159 e. The van der Waals surface area contributed by atoms with Gasteiger partial charge >= 0.3 is 0 Å². The van der Waals surface area contributed by atoms with E-state index in [-0.39, 0.29) is 0 Å². The molecular formula is C21H28N2. The van der Waals surface area contributed by atoms with Crippen molar-refractivity contribution >= 4 is 0 Å². The van der Waals surface area contributed by atoms with Crippen LogP contribution >= 0.6 is 0 Å². The minimum atomic E-state index is 0.750. The standard InChI is InChI=1S/C21H28N2/c1-3-5-17-14-22-21(23-15-17)20-12-10-19(11-13-20)18-8-6-16(4-2)7-9-18/h10-16,18H,3-9H2,1-2H3. The molecule has 3 rings (SSSR count). The van der Waals surface area contributed by atoms with E-state index in [0.29, 0.717) is 0 Å². The zero-order valence-electron chi connectivity index (χ0n) is 14.5. The fourth-order valence-electron chi connectivity index (χ4n) is 3.73. The summed E-state index contributed by atoms with van der Waals surface area (Å²) in [5.74, 6) is 2.55. The second-order valence-corrected chi connectivity index (χ2v) is 6.91. The summed E-state index contributed by atoms with van der Waals surface area (Å²) in [5, 5.41) is 0. The molecule has 0 atom stereocenters. The van der Waals surface area contributed by atoms with Gasteiger partial charge in [-0.05, 0) is 55.1 Å². The molecule has 1 fully saturated rings. The lowest BCUT2D eigenvalue weighted by Crippen LogP contribution is -2.12. The van der Waals surface area contributed by atoms with E-state index < -0.39 is 0 Å². The van der Waals surface area contributed by atoms with Crippen LogP contribution in [0.2, 0.25) is 0 Å². The van der Waals surface area contributed by atoms with Crippen molar-refractivity contribution in [2.75, 3.05) is 0 Å². The van der Waals surface area contributed by atoms with Gasteiger partial charge in [0.1, 0.15) is 0 Å². The molecule has 1 aromatic heterocycles. The fraction of sp³-hybridized carbons (Fsp3) is 0.524. The monoisotopic (exact) mass is 308 g/mol. The fourth-order valence-corrected chi connectivity index (χ4v) is 3.73. The highest BCUT2D eigenvalue weighted by molar-refractivity contribution is 5.55. The molecule has 0 unspecified atom stereocenters. The molecule has 1 aliphatic rings. The Kier molecular flexibility index (Phi) is 5.43. The first kappa shape index (κ1) is 16.2. The molecule has 0 saturated heterocycles. The SMILES string of the molecule is CCCc1cnc(-c2ccc(C3CCC(CC)CC3)cc2)nc1. The largest absolute Gasteiger partial charge is 0.236 e. The Labute approximate surface area is 140 Å². The summed E-state index contributed by atoms with van der Waals surface area (Å²) in [6.45, 7) is 4.51. The van der Waals surface area contributed by atoms with Crippen molar-refractivity contribution < 1.29 is 0 Å². The Morgan fingerprint density at radius 1 is 0.913 bits per heavy atom. The zero-order chi connectivity index (χ0) is 16.1. The van der Waals surface area contributed by atoms with E-state index in [1.54, 1.807) is 0 Å². The van der Waals surface area contributed by atoms with E-state index >= 15 is 0 Å². The van der Waals surface area contributed by atoms with Gasteiger partial charge in [-0.25, -0.2) is 9.97 Å². The molecule has 122 valence electrons. The molecule has 1 saturated carbocycles. The molecule has 0 amide bonds. The first-order chi connectivity index (χ1) is 11.3. The predicted octanol–water partition coefficient (Wildman–Crippen LogP) is 5.78. The van der Waals surface area contributed by atoms with Gasteiger partial charge in [-0.15, -0.1) is 0 Å². The molecule has 1 aromatic carbocycles. The van der Waals surface area contributed by atoms with Crippen LogP contribution in [0.1, 0.15) is 69.4 Å². The number of hydrogen-bond acceptors (Lipinski definition) is 2. The lowest BCUT2D eigenvalue weighted by molar-refractivity contribution is 0.319. The minimum absolute atomic E-state index is 0.750. The Hall–Kier alpha value is -1.70. The molecule has 0 N–H and O–H groups in total. The number of nitrogens with zero attached hydrogens (tertiary/aromatic N) is 2. The molecule has 2 nitrogen and oxygen atoms in total. The first-order valence-electron chi connectivity index (χ1n) is 9.21. The van der Waals surface area contributed by atoms with E-state index in [1.807, 2.05) is 12.4 Å². The predicted molar refractivity (Wildman–Crippen MR) is 96.5 cm³/mol. The minimum Gasteiger partial charge on any atom is -0.236 e. The van der Waals surface area contributed by atoms with Crippen molar-refractivity contribution in [1.82, 2.24) is 9.97 Å². The average molecular weight is 308 g/mol. The third-order valence-electron chi connectivity index (χ3n) is 5.31. The molecule has 0 bridgehead atoms. The Balaban J connectivity index is 1.67. The topological polar surface area (TPSA) is 25.8 Å². The summed E-state index contributed by atoms with van der Waals surface area (Å²) in [7, 11) is 0. The summed E-state index contributed by atoms with van der Waals surface area (Å²) in [6.07, 6.45) is 12.9. The molecule has 0 radical (unpaired) electrons. The van der Waals surface area contributed by atoms with Crippen molar-refractivity contribution in [3.63, 3.8) is 0 Å². The molecular weight excluding hydrogens is 280 g/mol. The number of aryl methyl sites for hydroxylation is 1. The summed E-state index contributed by atoms with van der Waals surface area (Å²) in [5.41, 5.74) is 3.84. The van der Waals surface area contributed by atoms with E-state index in [1.165, 1.54) is 43.2 Å². The maximum absolute atomic E-state index is 4.52. The lowest BCUT2D eigenvalue weighted by Gasteiger charge is -2.28. The third-order valence-corrected chi connectivity index (χ3v) is 5.31. The van der Waals surface area contributed by atoms with Crippen molar-refractivity contribution in [2.45, 2.75) is 64.7 Å². The van der Waals surface area contributed by atoms with Crippen LogP contribution in [-0.2, 0) is 6.42 Å². The van der Waals surface area contributed by atoms with Crippen LogP contribution in [0, 0.1) is 5.92 Å². The van der Waals surface area contributed by atoms with Crippen LogP contribution in [-0.4, -0.2) is 9.97 Å². The van der Waals surface area contributed by atoms with Gasteiger partial charge in [-0.1, -0.05) is 51.0 Å².